The lowest BCUT2D eigenvalue weighted by Gasteiger charge is -2.35. The Morgan fingerprint density at radius 2 is 1.83 bits per heavy atom. The SMILES string of the molecule is COc1cccc(NC(=O)C2CCN(C(=O)[C@@H]3Cc4ccccc4CN3)CC2)c1. The van der Waals surface area contributed by atoms with Crippen LogP contribution in [-0.4, -0.2) is 43.0 Å². The molecule has 2 amide bonds. The summed E-state index contributed by atoms with van der Waals surface area (Å²) in [5, 5.41) is 6.34. The number of rotatable bonds is 4. The summed E-state index contributed by atoms with van der Waals surface area (Å²) in [6.07, 6.45) is 2.10. The summed E-state index contributed by atoms with van der Waals surface area (Å²) < 4.78 is 5.20. The van der Waals surface area contributed by atoms with Gasteiger partial charge in [0, 0.05) is 37.3 Å². The zero-order chi connectivity index (χ0) is 20.2. The van der Waals surface area contributed by atoms with Crippen molar-refractivity contribution < 1.29 is 14.3 Å². The Kier molecular flexibility index (Phi) is 5.81. The lowest BCUT2D eigenvalue weighted by Crippen LogP contribution is -2.52. The molecule has 2 aromatic rings. The smallest absolute Gasteiger partial charge is 0.240 e. The fourth-order valence-electron chi connectivity index (χ4n) is 4.16. The molecule has 0 aliphatic carbocycles. The normalized spacial score (nSPS) is 19.3. The summed E-state index contributed by atoms with van der Waals surface area (Å²) in [6, 6.07) is 15.5. The van der Waals surface area contributed by atoms with Gasteiger partial charge in [-0.1, -0.05) is 30.3 Å². The highest BCUT2D eigenvalue weighted by Crippen LogP contribution is 2.23. The number of amides is 2. The highest BCUT2D eigenvalue weighted by Gasteiger charge is 2.32. The summed E-state index contributed by atoms with van der Waals surface area (Å²) in [5.74, 6) is 0.788. The molecule has 2 aliphatic rings. The molecule has 1 fully saturated rings. The molecule has 152 valence electrons. The van der Waals surface area contributed by atoms with Crippen LogP contribution in [0.5, 0.6) is 5.75 Å². The van der Waals surface area contributed by atoms with E-state index in [4.69, 9.17) is 4.74 Å². The van der Waals surface area contributed by atoms with Crippen molar-refractivity contribution in [3.63, 3.8) is 0 Å². The highest BCUT2D eigenvalue weighted by molar-refractivity contribution is 5.93. The van der Waals surface area contributed by atoms with Crippen LogP contribution >= 0.6 is 0 Å². The molecule has 4 rings (SSSR count). The van der Waals surface area contributed by atoms with Crippen LogP contribution in [0.3, 0.4) is 0 Å². The second kappa shape index (κ2) is 8.66. The fourth-order valence-corrected chi connectivity index (χ4v) is 4.16. The third kappa shape index (κ3) is 4.43. The van der Waals surface area contributed by atoms with Gasteiger partial charge in [0.05, 0.1) is 13.2 Å². The highest BCUT2D eigenvalue weighted by atomic mass is 16.5. The first-order valence-corrected chi connectivity index (χ1v) is 10.2. The maximum Gasteiger partial charge on any atom is 0.240 e. The molecule has 2 heterocycles. The van der Waals surface area contributed by atoms with Crippen molar-refractivity contribution in [1.29, 1.82) is 0 Å². The third-order valence-electron chi connectivity index (χ3n) is 5.89. The molecule has 0 spiro atoms. The van der Waals surface area contributed by atoms with E-state index in [0.717, 1.165) is 18.7 Å². The van der Waals surface area contributed by atoms with Gasteiger partial charge in [0.15, 0.2) is 0 Å². The number of hydrogen-bond donors (Lipinski definition) is 2. The van der Waals surface area contributed by atoms with Gasteiger partial charge in [-0.15, -0.1) is 0 Å². The first-order valence-electron chi connectivity index (χ1n) is 10.2. The molecular formula is C23H27N3O3. The summed E-state index contributed by atoms with van der Waals surface area (Å²) >= 11 is 0. The fraction of sp³-hybridized carbons (Fsp3) is 0.391. The van der Waals surface area contributed by atoms with Crippen LogP contribution in [0.25, 0.3) is 0 Å². The summed E-state index contributed by atoms with van der Waals surface area (Å²) in [4.78, 5) is 27.5. The molecule has 0 saturated carbocycles. The minimum Gasteiger partial charge on any atom is -0.497 e. The van der Waals surface area contributed by atoms with Gasteiger partial charge in [-0.2, -0.15) is 0 Å². The molecular weight excluding hydrogens is 366 g/mol. The van der Waals surface area contributed by atoms with E-state index in [9.17, 15) is 9.59 Å². The standard InChI is InChI=1S/C23H27N3O3/c1-29-20-8-4-7-19(14-20)25-22(27)16-9-11-26(12-10-16)23(28)21-13-17-5-2-3-6-18(17)15-24-21/h2-8,14,16,21,24H,9-13,15H2,1H3,(H,25,27)/t21-/m0/s1. The van der Waals surface area contributed by atoms with Crippen LogP contribution in [0.1, 0.15) is 24.0 Å². The van der Waals surface area contributed by atoms with Crippen molar-refractivity contribution in [2.45, 2.75) is 31.8 Å². The number of methoxy groups -OCH3 is 1. The number of fused-ring (bicyclic) bond motifs is 1. The lowest BCUT2D eigenvalue weighted by molar-refractivity contribution is -0.136. The predicted molar refractivity (Wildman–Crippen MR) is 112 cm³/mol. The molecule has 0 unspecified atom stereocenters. The van der Waals surface area contributed by atoms with Crippen molar-refractivity contribution in [3.05, 3.63) is 59.7 Å². The van der Waals surface area contributed by atoms with Crippen molar-refractivity contribution in [2.24, 2.45) is 5.92 Å². The van der Waals surface area contributed by atoms with E-state index in [1.165, 1.54) is 11.1 Å². The number of carbonyl (C=O) groups is 2. The van der Waals surface area contributed by atoms with Gasteiger partial charge in [-0.25, -0.2) is 0 Å². The second-order valence-electron chi connectivity index (χ2n) is 7.73. The molecule has 0 aromatic heterocycles. The number of likely N-dealkylation sites (tertiary alicyclic amines) is 1. The second-order valence-corrected chi connectivity index (χ2v) is 7.73. The molecule has 1 atom stereocenters. The van der Waals surface area contributed by atoms with Crippen LogP contribution in [-0.2, 0) is 22.6 Å². The van der Waals surface area contributed by atoms with Gasteiger partial charge in [-0.05, 0) is 42.5 Å². The van der Waals surface area contributed by atoms with E-state index < -0.39 is 0 Å². The minimum absolute atomic E-state index is 0.00932. The van der Waals surface area contributed by atoms with Crippen molar-refractivity contribution in [3.8, 4) is 5.75 Å². The number of piperidine rings is 1. The average Bonchev–Trinajstić information content (AvgIpc) is 2.78. The largest absolute Gasteiger partial charge is 0.497 e. The monoisotopic (exact) mass is 393 g/mol. The van der Waals surface area contributed by atoms with Crippen LogP contribution in [0.4, 0.5) is 5.69 Å². The van der Waals surface area contributed by atoms with Gasteiger partial charge < -0.3 is 20.3 Å². The Hall–Kier alpha value is -2.86. The number of ether oxygens (including phenoxy) is 1. The lowest BCUT2D eigenvalue weighted by atomic mass is 9.92. The molecule has 2 aliphatic heterocycles. The third-order valence-corrected chi connectivity index (χ3v) is 5.89. The van der Waals surface area contributed by atoms with Crippen molar-refractivity contribution in [1.82, 2.24) is 10.2 Å². The maximum absolute atomic E-state index is 13.0. The number of nitrogens with zero attached hydrogens (tertiary/aromatic N) is 1. The Bertz CT molecular complexity index is 890. The van der Waals surface area contributed by atoms with Gasteiger partial charge >= 0.3 is 0 Å². The summed E-state index contributed by atoms with van der Waals surface area (Å²) in [7, 11) is 1.60. The molecule has 29 heavy (non-hydrogen) atoms. The van der Waals surface area contributed by atoms with E-state index in [1.807, 2.05) is 41.3 Å². The number of anilines is 1. The predicted octanol–water partition coefficient (Wildman–Crippen LogP) is 2.59. The molecule has 2 aromatic carbocycles. The molecule has 0 radical (unpaired) electrons. The Balaban J connectivity index is 1.30. The van der Waals surface area contributed by atoms with E-state index in [1.54, 1.807) is 7.11 Å². The molecule has 0 bridgehead atoms. The Morgan fingerprint density at radius 3 is 2.59 bits per heavy atom. The summed E-state index contributed by atoms with van der Waals surface area (Å²) in [5.41, 5.74) is 3.25. The van der Waals surface area contributed by atoms with Gasteiger partial charge in [0.2, 0.25) is 11.8 Å². The van der Waals surface area contributed by atoms with Crippen molar-refractivity contribution in [2.75, 3.05) is 25.5 Å². The number of benzene rings is 2. The molecule has 6 nitrogen and oxygen atoms in total. The van der Waals surface area contributed by atoms with Gasteiger partial charge in [0.1, 0.15) is 5.75 Å². The van der Waals surface area contributed by atoms with Crippen LogP contribution < -0.4 is 15.4 Å². The maximum atomic E-state index is 13.0. The molecule has 1 saturated heterocycles. The van der Waals surface area contributed by atoms with E-state index in [0.29, 0.717) is 31.7 Å². The number of nitrogens with one attached hydrogen (secondary N) is 2. The summed E-state index contributed by atoms with van der Waals surface area (Å²) in [6.45, 7) is 1.97. The van der Waals surface area contributed by atoms with Crippen LogP contribution in [0, 0.1) is 5.92 Å². The minimum atomic E-state index is -0.174. The quantitative estimate of drug-likeness (QED) is 0.838. The van der Waals surface area contributed by atoms with Crippen molar-refractivity contribution >= 4 is 17.5 Å². The zero-order valence-electron chi connectivity index (χ0n) is 16.7. The van der Waals surface area contributed by atoms with E-state index >= 15 is 0 Å². The topological polar surface area (TPSA) is 70.7 Å². The van der Waals surface area contributed by atoms with Crippen LogP contribution in [0.2, 0.25) is 0 Å². The number of hydrogen-bond acceptors (Lipinski definition) is 4. The first-order chi connectivity index (χ1) is 14.1. The van der Waals surface area contributed by atoms with Gasteiger partial charge in [-0.3, -0.25) is 9.59 Å². The first kappa shape index (κ1) is 19.5. The zero-order valence-corrected chi connectivity index (χ0v) is 16.7. The Morgan fingerprint density at radius 1 is 1.07 bits per heavy atom. The molecule has 6 heteroatoms. The average molecular weight is 393 g/mol. The van der Waals surface area contributed by atoms with E-state index in [2.05, 4.69) is 22.8 Å². The van der Waals surface area contributed by atoms with Crippen LogP contribution in [0.15, 0.2) is 48.5 Å². The van der Waals surface area contributed by atoms with E-state index in [-0.39, 0.29) is 23.8 Å². The van der Waals surface area contributed by atoms with Gasteiger partial charge in [0.25, 0.3) is 0 Å². The Labute approximate surface area is 171 Å². The molecule has 2 N–H and O–H groups in total. The number of carbonyl (C=O) groups excluding carboxylic acids is 2.